The molecule has 0 aromatic carbocycles. The Morgan fingerprint density at radius 1 is 0.710 bits per heavy atom. The second-order valence-corrected chi connectivity index (χ2v) is 7.49. The van der Waals surface area contributed by atoms with Crippen molar-refractivity contribution in [3.05, 3.63) is 0 Å². The highest BCUT2D eigenvalue weighted by Crippen LogP contribution is 2.31. The van der Waals surface area contributed by atoms with Crippen LogP contribution in [0.2, 0.25) is 0 Å². The first-order valence-corrected chi connectivity index (χ1v) is 10.1. The van der Waals surface area contributed by atoms with Crippen molar-refractivity contribution in [2.24, 2.45) is 5.92 Å². The maximum atomic E-state index is 12.3. The Morgan fingerprint density at radius 2 is 1.19 bits per heavy atom. The molecule has 1 aliphatic carbocycles. The maximum absolute atomic E-state index is 12.3. The zero-order valence-electron chi connectivity index (χ0n) is 18.0. The number of hydrogen-bond donors (Lipinski definition) is 0. The van der Waals surface area contributed by atoms with Crippen molar-refractivity contribution in [3.8, 4) is 0 Å². The third-order valence-corrected chi connectivity index (χ3v) is 4.86. The van der Waals surface area contributed by atoms with Gasteiger partial charge in [0.1, 0.15) is 12.7 Å². The molecule has 1 saturated carbocycles. The zero-order chi connectivity index (χ0) is 23.1. The summed E-state index contributed by atoms with van der Waals surface area (Å²) in [6, 6.07) is 0. The van der Waals surface area contributed by atoms with E-state index in [0.29, 0.717) is 0 Å². The second-order valence-electron chi connectivity index (χ2n) is 7.49. The first kappa shape index (κ1) is 24.6. The van der Waals surface area contributed by atoms with Crippen molar-refractivity contribution in [2.45, 2.75) is 84.1 Å². The van der Waals surface area contributed by atoms with Crippen LogP contribution in [0, 0.1) is 5.92 Å². The predicted molar refractivity (Wildman–Crippen MR) is 100 cm³/mol. The Hall–Kier alpha value is -2.69. The lowest BCUT2D eigenvalue weighted by atomic mass is 9.98. The molecule has 1 saturated heterocycles. The molecule has 2 aliphatic rings. The lowest BCUT2D eigenvalue weighted by Crippen LogP contribution is -2.63. The van der Waals surface area contributed by atoms with Gasteiger partial charge >= 0.3 is 29.8 Å². The molecule has 0 aromatic rings. The van der Waals surface area contributed by atoms with Gasteiger partial charge in [0.2, 0.25) is 12.4 Å². The van der Waals surface area contributed by atoms with E-state index < -0.39 is 60.6 Å². The molecule has 2 rings (SSSR count). The highest BCUT2D eigenvalue weighted by molar-refractivity contribution is 5.72. The van der Waals surface area contributed by atoms with Gasteiger partial charge in [-0.25, -0.2) is 0 Å². The van der Waals surface area contributed by atoms with Gasteiger partial charge in [-0.3, -0.25) is 24.0 Å². The average molecular weight is 444 g/mol. The van der Waals surface area contributed by atoms with Gasteiger partial charge < -0.3 is 28.4 Å². The molecule has 0 N–H and O–H groups in total. The lowest BCUT2D eigenvalue weighted by Gasteiger charge is -2.43. The highest BCUT2D eigenvalue weighted by Gasteiger charge is 2.53. The van der Waals surface area contributed by atoms with Gasteiger partial charge in [-0.15, -0.1) is 0 Å². The fourth-order valence-corrected chi connectivity index (χ4v) is 3.69. The first-order chi connectivity index (χ1) is 14.6. The van der Waals surface area contributed by atoms with Gasteiger partial charge in [-0.05, 0) is 12.8 Å². The number of esters is 5. The fourth-order valence-electron chi connectivity index (χ4n) is 3.69. The number of carbonyl (C=O) groups excluding carboxylic acids is 5. The van der Waals surface area contributed by atoms with Gasteiger partial charge in [0.15, 0.2) is 12.2 Å². The third-order valence-electron chi connectivity index (χ3n) is 4.86. The molecule has 174 valence electrons. The highest BCUT2D eigenvalue weighted by atomic mass is 16.7. The summed E-state index contributed by atoms with van der Waals surface area (Å²) < 4.78 is 31.8. The molecule has 31 heavy (non-hydrogen) atoms. The number of ether oxygens (including phenoxy) is 6. The van der Waals surface area contributed by atoms with E-state index in [1.54, 1.807) is 0 Å². The van der Waals surface area contributed by atoms with Crippen molar-refractivity contribution in [3.63, 3.8) is 0 Å². The molecule has 0 spiro atoms. The van der Waals surface area contributed by atoms with Gasteiger partial charge in [0, 0.05) is 27.7 Å². The summed E-state index contributed by atoms with van der Waals surface area (Å²) in [5, 5.41) is 0. The molecule has 0 amide bonds. The second kappa shape index (κ2) is 11.1. The first-order valence-electron chi connectivity index (χ1n) is 10.1. The van der Waals surface area contributed by atoms with Crippen LogP contribution >= 0.6 is 0 Å². The van der Waals surface area contributed by atoms with E-state index in [9.17, 15) is 24.0 Å². The molecule has 1 heterocycles. The summed E-state index contributed by atoms with van der Waals surface area (Å²) in [5.41, 5.74) is 0. The number of carbonyl (C=O) groups is 5. The Kier molecular flexibility index (Phi) is 8.78. The minimum absolute atomic E-state index is 0.224. The fraction of sp³-hybridized carbons (Fsp3) is 0.750. The quantitative estimate of drug-likeness (QED) is 0.407. The van der Waals surface area contributed by atoms with E-state index in [2.05, 4.69) is 0 Å². The summed E-state index contributed by atoms with van der Waals surface area (Å²) in [7, 11) is 0. The molecular formula is C20H28O11. The standard InChI is InChI=1S/C20H28O11/c1-10(21)27-16-15(9-26-19(25)14-7-5-6-8-14)31-20(30-13(4)24)18(29-12(3)23)17(16)28-11(2)22/h14-18,20H,5-9H2,1-4H3/t15?,16-,17-,18?,20+/m1/s1. The maximum Gasteiger partial charge on any atom is 0.309 e. The SMILES string of the molecule is CC(=O)OC1[C@@H](OC(C)=O)OC(COC(=O)C2CCCC2)[C@@H](OC(C)=O)[C@H]1OC(C)=O. The van der Waals surface area contributed by atoms with Crippen LogP contribution in [0.3, 0.4) is 0 Å². The van der Waals surface area contributed by atoms with E-state index in [4.69, 9.17) is 28.4 Å². The summed E-state index contributed by atoms with van der Waals surface area (Å²) >= 11 is 0. The molecule has 2 unspecified atom stereocenters. The monoisotopic (exact) mass is 444 g/mol. The zero-order valence-corrected chi connectivity index (χ0v) is 18.0. The summed E-state index contributed by atoms with van der Waals surface area (Å²) in [4.78, 5) is 58.9. The van der Waals surface area contributed by atoms with Crippen LogP contribution in [0.1, 0.15) is 53.4 Å². The largest absolute Gasteiger partial charge is 0.463 e. The normalized spacial score (nSPS) is 28.3. The molecule has 2 fully saturated rings. The third kappa shape index (κ3) is 7.20. The van der Waals surface area contributed by atoms with Gasteiger partial charge in [-0.1, -0.05) is 12.8 Å². The van der Waals surface area contributed by atoms with Crippen molar-refractivity contribution < 1.29 is 52.4 Å². The smallest absolute Gasteiger partial charge is 0.309 e. The van der Waals surface area contributed by atoms with E-state index in [1.165, 1.54) is 0 Å². The van der Waals surface area contributed by atoms with Crippen molar-refractivity contribution in [1.82, 2.24) is 0 Å². The van der Waals surface area contributed by atoms with Crippen LogP contribution in [0.15, 0.2) is 0 Å². The van der Waals surface area contributed by atoms with Gasteiger partial charge in [0.05, 0.1) is 5.92 Å². The lowest BCUT2D eigenvalue weighted by molar-refractivity contribution is -0.300. The Bertz CT molecular complexity index is 697. The van der Waals surface area contributed by atoms with Crippen molar-refractivity contribution in [2.75, 3.05) is 6.61 Å². The minimum Gasteiger partial charge on any atom is -0.463 e. The van der Waals surface area contributed by atoms with Crippen LogP contribution in [0.25, 0.3) is 0 Å². The van der Waals surface area contributed by atoms with Crippen LogP contribution in [0.5, 0.6) is 0 Å². The van der Waals surface area contributed by atoms with E-state index in [1.807, 2.05) is 0 Å². The van der Waals surface area contributed by atoms with Crippen molar-refractivity contribution >= 4 is 29.8 Å². The number of rotatable bonds is 7. The van der Waals surface area contributed by atoms with Crippen LogP contribution in [0.4, 0.5) is 0 Å². The van der Waals surface area contributed by atoms with E-state index in [0.717, 1.165) is 53.4 Å². The number of hydrogen-bond acceptors (Lipinski definition) is 11. The molecule has 0 bridgehead atoms. The Labute approximate surface area is 179 Å². The van der Waals surface area contributed by atoms with Crippen LogP contribution in [-0.4, -0.2) is 67.2 Å². The predicted octanol–water partition coefficient (Wildman–Crippen LogP) is 0.803. The molecule has 11 nitrogen and oxygen atoms in total. The molecule has 11 heteroatoms. The minimum atomic E-state index is -1.48. The summed E-state index contributed by atoms with van der Waals surface area (Å²) in [5.74, 6) is -3.65. The molecular weight excluding hydrogens is 416 g/mol. The van der Waals surface area contributed by atoms with Crippen LogP contribution < -0.4 is 0 Å². The van der Waals surface area contributed by atoms with E-state index >= 15 is 0 Å². The van der Waals surface area contributed by atoms with Crippen molar-refractivity contribution in [1.29, 1.82) is 0 Å². The molecule has 0 aromatic heterocycles. The average Bonchev–Trinajstić information content (AvgIpc) is 3.18. The summed E-state index contributed by atoms with van der Waals surface area (Å²) in [6.45, 7) is 4.11. The molecule has 5 atom stereocenters. The van der Waals surface area contributed by atoms with Gasteiger partial charge in [0.25, 0.3) is 0 Å². The Balaban J connectivity index is 2.29. The van der Waals surface area contributed by atoms with Gasteiger partial charge in [-0.2, -0.15) is 0 Å². The topological polar surface area (TPSA) is 141 Å². The Morgan fingerprint density at radius 3 is 1.71 bits per heavy atom. The van der Waals surface area contributed by atoms with Crippen LogP contribution in [-0.2, 0) is 52.4 Å². The summed E-state index contributed by atoms with van der Waals surface area (Å²) in [6.07, 6.45) is -3.37. The van der Waals surface area contributed by atoms with E-state index in [-0.39, 0.29) is 12.5 Å². The molecule has 1 aliphatic heterocycles. The molecule has 0 radical (unpaired) electrons.